The lowest BCUT2D eigenvalue weighted by Crippen LogP contribution is -2.10. The molecule has 0 aromatic carbocycles. The van der Waals surface area contributed by atoms with E-state index in [1.54, 1.807) is 6.92 Å². The minimum atomic E-state index is -0.448. The molecule has 1 aromatic heterocycles. The van der Waals surface area contributed by atoms with Crippen LogP contribution in [0.4, 0.5) is 0 Å². The van der Waals surface area contributed by atoms with Crippen LogP contribution in [0, 0.1) is 0 Å². The van der Waals surface area contributed by atoms with Gasteiger partial charge in [0.05, 0.1) is 34.3 Å². The van der Waals surface area contributed by atoms with Crippen molar-refractivity contribution in [2.45, 2.75) is 13.3 Å². The lowest BCUT2D eigenvalue weighted by molar-refractivity contribution is -0.142. The molecular weight excluding hydrogens is 253 g/mol. The highest BCUT2D eigenvalue weighted by molar-refractivity contribution is 6.38. The number of halogens is 2. The van der Waals surface area contributed by atoms with Gasteiger partial charge in [0.1, 0.15) is 0 Å². The molecule has 16 heavy (non-hydrogen) atoms. The third-order valence-electron chi connectivity index (χ3n) is 1.82. The highest BCUT2D eigenvalue weighted by atomic mass is 35.5. The van der Waals surface area contributed by atoms with Gasteiger partial charge in [-0.3, -0.25) is 14.6 Å². The van der Waals surface area contributed by atoms with Crippen LogP contribution in [0.3, 0.4) is 0 Å². The summed E-state index contributed by atoms with van der Waals surface area (Å²) < 4.78 is 4.75. The van der Waals surface area contributed by atoms with E-state index in [9.17, 15) is 9.59 Å². The van der Waals surface area contributed by atoms with Gasteiger partial charge in [-0.2, -0.15) is 0 Å². The number of carbonyl (C=O) groups excluding carboxylic acids is 2. The Kier molecular flexibility index (Phi) is 4.71. The summed E-state index contributed by atoms with van der Waals surface area (Å²) in [5.41, 5.74) is 0.421. The summed E-state index contributed by atoms with van der Waals surface area (Å²) in [7, 11) is 0. The molecule has 0 fully saturated rings. The fourth-order valence-corrected chi connectivity index (χ4v) is 1.60. The van der Waals surface area contributed by atoms with Crippen molar-refractivity contribution in [3.05, 3.63) is 27.5 Å². The van der Waals surface area contributed by atoms with Gasteiger partial charge in [-0.1, -0.05) is 23.2 Å². The fourth-order valence-electron chi connectivity index (χ4n) is 1.10. The molecule has 0 N–H and O–H groups in total. The maximum absolute atomic E-state index is 11.2. The van der Waals surface area contributed by atoms with Crippen LogP contribution in [0.1, 0.15) is 23.0 Å². The van der Waals surface area contributed by atoms with Crippen LogP contribution in [-0.4, -0.2) is 23.8 Å². The number of carbonyl (C=O) groups is 2. The first-order valence-electron chi connectivity index (χ1n) is 4.53. The molecule has 0 saturated heterocycles. The van der Waals surface area contributed by atoms with E-state index in [4.69, 9.17) is 27.9 Å². The number of nitrogens with zero attached hydrogens (tertiary/aromatic N) is 1. The minimum absolute atomic E-state index is 0.0787. The molecule has 0 radical (unpaired) electrons. The number of ether oxygens (including phenoxy) is 1. The molecule has 0 unspecified atom stereocenters. The number of aldehydes is 1. The van der Waals surface area contributed by atoms with Crippen LogP contribution < -0.4 is 0 Å². The van der Waals surface area contributed by atoms with Gasteiger partial charge in [-0.15, -0.1) is 0 Å². The lowest BCUT2D eigenvalue weighted by atomic mass is 10.2. The number of esters is 1. The van der Waals surface area contributed by atoms with Crippen LogP contribution in [0.2, 0.25) is 10.0 Å². The zero-order chi connectivity index (χ0) is 12.1. The van der Waals surface area contributed by atoms with Crippen LogP contribution in [0.5, 0.6) is 0 Å². The van der Waals surface area contributed by atoms with Gasteiger partial charge >= 0.3 is 5.97 Å². The Hall–Kier alpha value is -1.13. The van der Waals surface area contributed by atoms with Gasteiger partial charge in [0.15, 0.2) is 6.29 Å². The molecule has 0 aliphatic carbocycles. The van der Waals surface area contributed by atoms with Crippen LogP contribution in [0.15, 0.2) is 6.20 Å². The Morgan fingerprint density at radius 2 is 2.25 bits per heavy atom. The fraction of sp³-hybridized carbons (Fsp3) is 0.300. The second-order valence-corrected chi connectivity index (χ2v) is 3.67. The topological polar surface area (TPSA) is 56.3 Å². The second-order valence-electron chi connectivity index (χ2n) is 2.88. The van der Waals surface area contributed by atoms with Crippen molar-refractivity contribution in [2.24, 2.45) is 0 Å². The molecule has 0 saturated carbocycles. The first kappa shape index (κ1) is 12.9. The molecule has 0 aliphatic rings. The average molecular weight is 262 g/mol. The molecule has 0 spiro atoms. The summed E-state index contributed by atoms with van der Waals surface area (Å²) in [5, 5.41) is 0.253. The van der Waals surface area contributed by atoms with E-state index in [0.29, 0.717) is 6.29 Å². The summed E-state index contributed by atoms with van der Waals surface area (Å²) in [4.78, 5) is 25.8. The Morgan fingerprint density at radius 3 is 2.81 bits per heavy atom. The molecule has 1 heterocycles. The highest BCUT2D eigenvalue weighted by Crippen LogP contribution is 2.25. The molecule has 0 amide bonds. The van der Waals surface area contributed by atoms with E-state index < -0.39 is 5.97 Å². The van der Waals surface area contributed by atoms with E-state index in [2.05, 4.69) is 4.98 Å². The molecule has 86 valence electrons. The number of rotatable bonds is 4. The summed E-state index contributed by atoms with van der Waals surface area (Å²) in [5.74, 6) is -0.448. The molecule has 0 bridgehead atoms. The molecule has 1 aromatic rings. The quantitative estimate of drug-likeness (QED) is 0.617. The van der Waals surface area contributed by atoms with Gasteiger partial charge in [-0.05, 0) is 6.92 Å². The van der Waals surface area contributed by atoms with Gasteiger partial charge < -0.3 is 4.74 Å². The van der Waals surface area contributed by atoms with Gasteiger partial charge in [-0.25, -0.2) is 0 Å². The maximum atomic E-state index is 11.2. The Morgan fingerprint density at radius 1 is 1.56 bits per heavy atom. The van der Waals surface area contributed by atoms with Crippen molar-refractivity contribution in [1.29, 1.82) is 0 Å². The van der Waals surface area contributed by atoms with Gasteiger partial charge in [0.25, 0.3) is 0 Å². The van der Waals surface area contributed by atoms with Crippen molar-refractivity contribution in [1.82, 2.24) is 4.98 Å². The monoisotopic (exact) mass is 261 g/mol. The molecule has 0 aliphatic heterocycles. The average Bonchev–Trinajstić information content (AvgIpc) is 2.23. The predicted octanol–water partition coefficient (Wildman–Crippen LogP) is 2.31. The summed E-state index contributed by atoms with van der Waals surface area (Å²) in [6.07, 6.45) is 1.73. The Balaban J connectivity index is 2.98. The molecular formula is C10H9Cl2NO3. The third kappa shape index (κ3) is 2.93. The smallest absolute Gasteiger partial charge is 0.311 e. The number of aromatic nitrogens is 1. The van der Waals surface area contributed by atoms with Crippen LogP contribution in [0.25, 0.3) is 0 Å². The largest absolute Gasteiger partial charge is 0.466 e. The highest BCUT2D eigenvalue weighted by Gasteiger charge is 2.14. The van der Waals surface area contributed by atoms with Crippen molar-refractivity contribution in [3.63, 3.8) is 0 Å². The van der Waals surface area contributed by atoms with Crippen molar-refractivity contribution >= 4 is 35.5 Å². The number of hydrogen-bond acceptors (Lipinski definition) is 4. The zero-order valence-corrected chi connectivity index (χ0v) is 10.0. The molecule has 6 heteroatoms. The standard InChI is InChI=1S/C10H9Cl2NO3/c1-2-16-9(15)3-8-10(12)6(5-14)7(11)4-13-8/h4-5H,2-3H2,1H3. The third-order valence-corrected chi connectivity index (χ3v) is 2.54. The zero-order valence-electron chi connectivity index (χ0n) is 8.50. The van der Waals surface area contributed by atoms with Crippen LogP contribution >= 0.6 is 23.2 Å². The normalized spacial score (nSPS) is 9.94. The van der Waals surface area contributed by atoms with E-state index >= 15 is 0 Å². The van der Waals surface area contributed by atoms with Crippen LogP contribution in [-0.2, 0) is 16.0 Å². The van der Waals surface area contributed by atoms with Gasteiger partial charge in [0.2, 0.25) is 0 Å². The number of hydrogen-bond donors (Lipinski definition) is 0. The lowest BCUT2D eigenvalue weighted by Gasteiger charge is -2.06. The van der Waals surface area contributed by atoms with E-state index in [0.717, 1.165) is 0 Å². The first-order chi connectivity index (χ1) is 7.60. The maximum Gasteiger partial charge on any atom is 0.311 e. The molecule has 1 rings (SSSR count). The summed E-state index contributed by atoms with van der Waals surface area (Å²) in [6.45, 7) is 1.98. The Labute approximate surface area is 103 Å². The summed E-state index contributed by atoms with van der Waals surface area (Å²) >= 11 is 11.6. The van der Waals surface area contributed by atoms with E-state index in [1.807, 2.05) is 0 Å². The van der Waals surface area contributed by atoms with Gasteiger partial charge in [0, 0.05) is 6.20 Å². The predicted molar refractivity (Wildman–Crippen MR) is 60.0 cm³/mol. The second kappa shape index (κ2) is 5.82. The van der Waals surface area contributed by atoms with E-state index in [1.165, 1.54) is 6.20 Å². The Bertz CT molecular complexity index is 421. The minimum Gasteiger partial charge on any atom is -0.466 e. The summed E-state index contributed by atoms with van der Waals surface area (Å²) in [6, 6.07) is 0. The van der Waals surface area contributed by atoms with Crippen molar-refractivity contribution in [3.8, 4) is 0 Å². The number of pyridine rings is 1. The van der Waals surface area contributed by atoms with Crippen molar-refractivity contribution in [2.75, 3.05) is 6.61 Å². The van der Waals surface area contributed by atoms with Crippen molar-refractivity contribution < 1.29 is 14.3 Å². The van der Waals surface area contributed by atoms with E-state index in [-0.39, 0.29) is 34.3 Å². The molecule has 0 atom stereocenters. The molecule has 4 nitrogen and oxygen atoms in total. The first-order valence-corrected chi connectivity index (χ1v) is 5.29. The SMILES string of the molecule is CCOC(=O)Cc1ncc(Cl)c(C=O)c1Cl.